The van der Waals surface area contributed by atoms with Crippen molar-refractivity contribution < 1.29 is 9.53 Å². The first-order valence-corrected chi connectivity index (χ1v) is 11.0. The number of hydrogen-bond acceptors (Lipinski definition) is 4. The van der Waals surface area contributed by atoms with E-state index in [0.717, 1.165) is 34.1 Å². The van der Waals surface area contributed by atoms with Crippen LogP contribution in [0.2, 0.25) is 0 Å². The summed E-state index contributed by atoms with van der Waals surface area (Å²) in [6.07, 6.45) is 1.93. The Balaban J connectivity index is 1.90. The standard InChI is InChI=1S/C24H23BrN4O2/c1-3-4-13-26-24(30)18-14-19(17-7-5-6-8-20(17)31-2)27-23-21(18)22(28-29-23)15-9-11-16(25)12-10-15/h5-12,14H,3-4,13H2,1-2H3,(H,26,30)(H,27,28,29). The number of pyridine rings is 1. The van der Waals surface area contributed by atoms with Gasteiger partial charge in [-0.05, 0) is 36.8 Å². The zero-order chi connectivity index (χ0) is 21.8. The van der Waals surface area contributed by atoms with Crippen molar-refractivity contribution in [3.63, 3.8) is 0 Å². The largest absolute Gasteiger partial charge is 0.496 e. The molecule has 0 bridgehead atoms. The lowest BCUT2D eigenvalue weighted by Gasteiger charge is -2.11. The van der Waals surface area contributed by atoms with Crippen molar-refractivity contribution in [2.75, 3.05) is 13.7 Å². The van der Waals surface area contributed by atoms with Crippen LogP contribution < -0.4 is 10.1 Å². The smallest absolute Gasteiger partial charge is 0.252 e. The molecule has 0 saturated carbocycles. The Morgan fingerprint density at radius 1 is 1.16 bits per heavy atom. The van der Waals surface area contributed by atoms with Gasteiger partial charge >= 0.3 is 0 Å². The van der Waals surface area contributed by atoms with Gasteiger partial charge in [0.2, 0.25) is 0 Å². The maximum atomic E-state index is 13.2. The first-order chi connectivity index (χ1) is 15.1. The number of ether oxygens (including phenoxy) is 1. The zero-order valence-corrected chi connectivity index (χ0v) is 19.0. The number of carbonyl (C=O) groups excluding carboxylic acids is 1. The highest BCUT2D eigenvalue weighted by Gasteiger charge is 2.21. The van der Waals surface area contributed by atoms with Crippen molar-refractivity contribution in [3.8, 4) is 28.3 Å². The third-order valence-corrected chi connectivity index (χ3v) is 5.63. The number of nitrogens with one attached hydrogen (secondary N) is 2. The first-order valence-electron chi connectivity index (χ1n) is 10.2. The van der Waals surface area contributed by atoms with E-state index >= 15 is 0 Å². The van der Waals surface area contributed by atoms with E-state index in [-0.39, 0.29) is 5.91 Å². The number of amides is 1. The van der Waals surface area contributed by atoms with Gasteiger partial charge in [0, 0.05) is 22.1 Å². The molecular formula is C24H23BrN4O2. The van der Waals surface area contributed by atoms with Crippen LogP contribution in [0.1, 0.15) is 30.1 Å². The van der Waals surface area contributed by atoms with Gasteiger partial charge in [-0.3, -0.25) is 9.89 Å². The lowest BCUT2D eigenvalue weighted by molar-refractivity contribution is 0.0955. The van der Waals surface area contributed by atoms with Crippen LogP contribution in [-0.2, 0) is 0 Å². The van der Waals surface area contributed by atoms with Gasteiger partial charge in [0.05, 0.1) is 29.4 Å². The van der Waals surface area contributed by atoms with Crippen LogP contribution in [0.25, 0.3) is 33.5 Å². The van der Waals surface area contributed by atoms with Crippen molar-refractivity contribution in [1.29, 1.82) is 0 Å². The molecule has 31 heavy (non-hydrogen) atoms. The fourth-order valence-corrected chi connectivity index (χ4v) is 3.76. The molecule has 4 aromatic rings. The van der Waals surface area contributed by atoms with Crippen LogP contribution in [0.3, 0.4) is 0 Å². The molecule has 158 valence electrons. The molecule has 0 radical (unpaired) electrons. The third-order valence-electron chi connectivity index (χ3n) is 5.10. The molecule has 0 aliphatic heterocycles. The fourth-order valence-electron chi connectivity index (χ4n) is 3.50. The maximum absolute atomic E-state index is 13.2. The molecule has 0 spiro atoms. The van der Waals surface area contributed by atoms with Gasteiger partial charge in [-0.2, -0.15) is 5.10 Å². The highest BCUT2D eigenvalue weighted by atomic mass is 79.9. The molecular weight excluding hydrogens is 456 g/mol. The number of aromatic amines is 1. The monoisotopic (exact) mass is 478 g/mol. The molecule has 4 rings (SSSR count). The van der Waals surface area contributed by atoms with E-state index in [1.807, 2.05) is 54.6 Å². The Morgan fingerprint density at radius 2 is 1.94 bits per heavy atom. The molecule has 0 saturated heterocycles. The van der Waals surface area contributed by atoms with E-state index in [0.29, 0.717) is 34.6 Å². The second-order valence-corrected chi connectivity index (χ2v) is 8.08. The Hall–Kier alpha value is -3.19. The van der Waals surface area contributed by atoms with Gasteiger partial charge in [-0.15, -0.1) is 0 Å². The van der Waals surface area contributed by atoms with Gasteiger partial charge in [0.25, 0.3) is 5.91 Å². The molecule has 7 heteroatoms. The van der Waals surface area contributed by atoms with Crippen LogP contribution in [0, 0.1) is 0 Å². The number of unbranched alkanes of at least 4 members (excludes halogenated alkanes) is 1. The van der Waals surface area contributed by atoms with Crippen molar-refractivity contribution in [3.05, 3.63) is 64.6 Å². The van der Waals surface area contributed by atoms with Crippen LogP contribution in [0.5, 0.6) is 5.75 Å². The predicted molar refractivity (Wildman–Crippen MR) is 126 cm³/mol. The Morgan fingerprint density at radius 3 is 2.68 bits per heavy atom. The van der Waals surface area contributed by atoms with E-state index < -0.39 is 0 Å². The number of nitrogens with zero attached hydrogens (tertiary/aromatic N) is 2. The van der Waals surface area contributed by atoms with Crippen LogP contribution in [0.15, 0.2) is 59.1 Å². The van der Waals surface area contributed by atoms with Crippen molar-refractivity contribution >= 4 is 32.9 Å². The van der Waals surface area contributed by atoms with Crippen molar-refractivity contribution in [2.24, 2.45) is 0 Å². The quantitative estimate of drug-likeness (QED) is 0.339. The fraction of sp³-hybridized carbons (Fsp3) is 0.208. The number of para-hydroxylation sites is 1. The van der Waals surface area contributed by atoms with E-state index in [4.69, 9.17) is 9.72 Å². The normalized spacial score (nSPS) is 10.9. The number of halogens is 1. The summed E-state index contributed by atoms with van der Waals surface area (Å²) in [5.41, 5.74) is 4.17. The average Bonchev–Trinajstić information content (AvgIpc) is 3.23. The lowest BCUT2D eigenvalue weighted by Crippen LogP contribution is -2.24. The summed E-state index contributed by atoms with van der Waals surface area (Å²) < 4.78 is 6.48. The van der Waals surface area contributed by atoms with Crippen molar-refractivity contribution in [1.82, 2.24) is 20.5 Å². The van der Waals surface area contributed by atoms with Gasteiger partial charge < -0.3 is 10.1 Å². The summed E-state index contributed by atoms with van der Waals surface area (Å²) in [6.45, 7) is 2.72. The summed E-state index contributed by atoms with van der Waals surface area (Å²) in [5, 5.41) is 11.2. The van der Waals surface area contributed by atoms with Gasteiger partial charge in [0.1, 0.15) is 5.75 Å². The SMILES string of the molecule is CCCCNC(=O)c1cc(-c2ccccc2OC)nc2n[nH]c(-c3ccc(Br)cc3)c12. The number of fused-ring (bicyclic) bond motifs is 1. The average molecular weight is 479 g/mol. The summed E-state index contributed by atoms with van der Waals surface area (Å²) in [6, 6.07) is 17.3. The number of benzene rings is 2. The van der Waals surface area contributed by atoms with E-state index in [2.05, 4.69) is 38.4 Å². The minimum Gasteiger partial charge on any atom is -0.496 e. The molecule has 6 nitrogen and oxygen atoms in total. The number of methoxy groups -OCH3 is 1. The minimum absolute atomic E-state index is 0.142. The zero-order valence-electron chi connectivity index (χ0n) is 17.4. The molecule has 0 unspecified atom stereocenters. The van der Waals surface area contributed by atoms with E-state index in [1.165, 1.54) is 0 Å². The third kappa shape index (κ3) is 4.32. The second kappa shape index (κ2) is 9.31. The molecule has 2 heterocycles. The summed E-state index contributed by atoms with van der Waals surface area (Å²) in [4.78, 5) is 17.9. The molecule has 2 N–H and O–H groups in total. The Labute approximate surface area is 189 Å². The maximum Gasteiger partial charge on any atom is 0.252 e. The van der Waals surface area contributed by atoms with Crippen LogP contribution >= 0.6 is 15.9 Å². The minimum atomic E-state index is -0.142. The topological polar surface area (TPSA) is 79.9 Å². The molecule has 2 aromatic heterocycles. The number of carbonyl (C=O) groups is 1. The van der Waals surface area contributed by atoms with Gasteiger partial charge in [0.15, 0.2) is 5.65 Å². The molecule has 0 aliphatic rings. The molecule has 1 amide bonds. The summed E-state index contributed by atoms with van der Waals surface area (Å²) >= 11 is 3.47. The highest BCUT2D eigenvalue weighted by Crippen LogP contribution is 2.34. The predicted octanol–water partition coefficient (Wildman–Crippen LogP) is 5.59. The van der Waals surface area contributed by atoms with Gasteiger partial charge in [-0.1, -0.05) is 53.5 Å². The highest BCUT2D eigenvalue weighted by molar-refractivity contribution is 9.10. The Bertz CT molecular complexity index is 1220. The van der Waals surface area contributed by atoms with Crippen LogP contribution in [0.4, 0.5) is 0 Å². The Kier molecular flexibility index (Phi) is 6.32. The molecule has 0 aliphatic carbocycles. The summed E-state index contributed by atoms with van der Waals surface area (Å²) in [7, 11) is 1.62. The molecule has 0 fully saturated rings. The van der Waals surface area contributed by atoms with E-state index in [9.17, 15) is 4.79 Å². The van der Waals surface area contributed by atoms with E-state index in [1.54, 1.807) is 7.11 Å². The second-order valence-electron chi connectivity index (χ2n) is 7.17. The van der Waals surface area contributed by atoms with Gasteiger partial charge in [-0.25, -0.2) is 4.98 Å². The molecule has 2 aromatic carbocycles. The van der Waals surface area contributed by atoms with Crippen molar-refractivity contribution in [2.45, 2.75) is 19.8 Å². The number of rotatable bonds is 7. The number of aromatic nitrogens is 3. The number of H-pyrrole nitrogens is 1. The number of hydrogen-bond donors (Lipinski definition) is 2. The van der Waals surface area contributed by atoms with Crippen LogP contribution in [-0.4, -0.2) is 34.7 Å². The lowest BCUT2D eigenvalue weighted by atomic mass is 10.0. The summed E-state index contributed by atoms with van der Waals surface area (Å²) in [5.74, 6) is 0.548. The first kappa shape index (κ1) is 21.1. The molecule has 0 atom stereocenters.